The van der Waals surface area contributed by atoms with Gasteiger partial charge in [-0.05, 0) is 43.4 Å². The Morgan fingerprint density at radius 1 is 0.653 bits per heavy atom. The summed E-state index contributed by atoms with van der Waals surface area (Å²) in [5.41, 5.74) is 0.978. The molecule has 17 heteroatoms. The van der Waals surface area contributed by atoms with Gasteiger partial charge in [0.25, 0.3) is 0 Å². The minimum Gasteiger partial charge on any atom is -0.494 e. The zero-order valence-corrected chi connectivity index (χ0v) is 30.2. The minimum atomic E-state index is -1.37. The number of unbranched alkanes of at least 4 members (excludes halogenated alkanes) is 1. The summed E-state index contributed by atoms with van der Waals surface area (Å²) in [6.45, 7) is 0.260. The summed E-state index contributed by atoms with van der Waals surface area (Å²) in [5.74, 6) is -4.32. The zero-order valence-electron chi connectivity index (χ0n) is 28.0. The molecule has 0 spiro atoms. The molecule has 1 aliphatic rings. The van der Waals surface area contributed by atoms with E-state index >= 15 is 0 Å². The van der Waals surface area contributed by atoms with Gasteiger partial charge in [-0.2, -0.15) is 0 Å². The standard InChI is InChI=1S/C32H52N4O12.Gd/c1-2-3-18-48-24-8-4-6-23(19-24)7-5-9-25(29(40)41)33-10-12-34(26(20-37)30(42)43)14-16-36(28(22-39)32(46)47)17-15-35(13-11-33)27(21-38)31(44)45;/h4,6,8,19,25-28,37-39H,2-3,5,7,9-18,20-22H2,1H3,(H,40,41)(H,42,43)(H,44,45)(H,46,47);/t25-,26-,27-,28-;/m0./s1. The van der Waals surface area contributed by atoms with Crippen LogP contribution in [0.3, 0.4) is 0 Å². The molecule has 4 atom stereocenters. The molecule has 1 aliphatic heterocycles. The summed E-state index contributed by atoms with van der Waals surface area (Å²) < 4.78 is 5.79. The molecule has 0 unspecified atom stereocenters. The number of hydrogen-bond acceptors (Lipinski definition) is 12. The van der Waals surface area contributed by atoms with Gasteiger partial charge >= 0.3 is 23.9 Å². The van der Waals surface area contributed by atoms with Gasteiger partial charge in [-0.1, -0.05) is 25.5 Å². The average molecular weight is 842 g/mol. The van der Waals surface area contributed by atoms with E-state index in [4.69, 9.17) is 4.74 Å². The predicted octanol–water partition coefficient (Wildman–Crippen LogP) is -0.800. The van der Waals surface area contributed by atoms with Crippen LogP contribution in [-0.4, -0.2) is 182 Å². The molecular formula is C32H52GdN4O12. The molecule has 0 radical (unpaired) electrons. The van der Waals surface area contributed by atoms with Crippen molar-refractivity contribution in [2.24, 2.45) is 0 Å². The van der Waals surface area contributed by atoms with Gasteiger partial charge in [0.2, 0.25) is 0 Å². The van der Waals surface area contributed by atoms with E-state index in [1.54, 1.807) is 4.90 Å². The van der Waals surface area contributed by atoms with Crippen LogP contribution in [0.1, 0.15) is 38.2 Å². The van der Waals surface area contributed by atoms with Crippen molar-refractivity contribution in [3.63, 3.8) is 0 Å². The van der Waals surface area contributed by atoms with Crippen LogP contribution in [0, 0.1) is 39.9 Å². The Labute approximate surface area is 318 Å². The smallest absolute Gasteiger partial charge is 0.323 e. The summed E-state index contributed by atoms with van der Waals surface area (Å²) in [6, 6.07) is 2.51. The van der Waals surface area contributed by atoms with Crippen molar-refractivity contribution in [2.75, 3.05) is 78.8 Å². The molecule has 280 valence electrons. The number of aryl methyl sites for hydroxylation is 1. The van der Waals surface area contributed by atoms with E-state index in [0.29, 0.717) is 19.4 Å². The molecule has 0 aliphatic carbocycles. The van der Waals surface area contributed by atoms with Gasteiger partial charge in [0.1, 0.15) is 29.9 Å². The first-order valence-electron chi connectivity index (χ1n) is 16.4. The molecular weight excluding hydrogens is 790 g/mol. The van der Waals surface area contributed by atoms with E-state index < -0.39 is 67.9 Å². The van der Waals surface area contributed by atoms with Crippen LogP contribution in [-0.2, 0) is 25.6 Å². The van der Waals surface area contributed by atoms with E-state index in [-0.39, 0.29) is 98.7 Å². The van der Waals surface area contributed by atoms with Gasteiger partial charge in [-0.3, -0.25) is 38.8 Å². The number of benzene rings is 1. The number of carbonyl (C=O) groups is 4. The fraction of sp³-hybridized carbons (Fsp3) is 0.688. The molecule has 16 nitrogen and oxygen atoms in total. The summed E-state index contributed by atoms with van der Waals surface area (Å²) in [5, 5.41) is 69.3. The molecule has 1 fully saturated rings. The van der Waals surface area contributed by atoms with Crippen LogP contribution < -0.4 is 4.74 Å². The molecule has 7 N–H and O–H groups in total. The van der Waals surface area contributed by atoms with Crippen molar-refractivity contribution in [1.29, 1.82) is 0 Å². The number of carboxylic acids is 4. The third kappa shape index (κ3) is 15.0. The molecule has 1 aromatic rings. The molecule has 1 aromatic carbocycles. The Hall–Kier alpha value is -2.06. The summed E-state index contributed by atoms with van der Waals surface area (Å²) in [7, 11) is 0. The SMILES string of the molecule is CCCCOc1cccc(CCC[C@@H](C(=O)O)N2CCN([C@@H](CO)C(=O)O)CCN([C@@H](CO)C(=O)O)CCN([C@@H](CO)C(=O)O)CC2)c1.[Gd]. The Balaban J connectivity index is 0.0000120. The predicted molar refractivity (Wildman–Crippen MR) is 173 cm³/mol. The molecule has 0 bridgehead atoms. The monoisotopic (exact) mass is 842 g/mol. The maximum atomic E-state index is 12.6. The van der Waals surface area contributed by atoms with Crippen LogP contribution >= 0.6 is 0 Å². The van der Waals surface area contributed by atoms with Crippen molar-refractivity contribution in [3.05, 3.63) is 29.8 Å². The second-order valence-electron chi connectivity index (χ2n) is 11.8. The summed E-state index contributed by atoms with van der Waals surface area (Å²) in [4.78, 5) is 54.6. The van der Waals surface area contributed by atoms with Crippen LogP contribution in [0.2, 0.25) is 0 Å². The van der Waals surface area contributed by atoms with Crippen LogP contribution in [0.15, 0.2) is 24.3 Å². The molecule has 1 heterocycles. The number of aliphatic hydroxyl groups is 3. The van der Waals surface area contributed by atoms with E-state index in [9.17, 15) is 54.9 Å². The fourth-order valence-electron chi connectivity index (χ4n) is 5.86. The van der Waals surface area contributed by atoms with Gasteiger partial charge < -0.3 is 40.5 Å². The number of aliphatic carboxylic acids is 4. The Morgan fingerprint density at radius 3 is 1.39 bits per heavy atom. The zero-order chi connectivity index (χ0) is 35.6. The number of carboxylic acid groups (broad SMARTS) is 4. The second kappa shape index (κ2) is 24.2. The van der Waals surface area contributed by atoms with Gasteiger partial charge in [0.05, 0.1) is 26.4 Å². The number of nitrogens with zero attached hydrogens (tertiary/aromatic N) is 4. The van der Waals surface area contributed by atoms with Crippen LogP contribution in [0.4, 0.5) is 0 Å². The number of aliphatic hydroxyl groups excluding tert-OH is 3. The van der Waals surface area contributed by atoms with E-state index in [2.05, 4.69) is 6.92 Å². The van der Waals surface area contributed by atoms with Gasteiger partial charge in [0.15, 0.2) is 0 Å². The first kappa shape index (κ1) is 45.0. The quantitative estimate of drug-likeness (QED) is 0.0846. The van der Waals surface area contributed by atoms with Crippen molar-refractivity contribution in [3.8, 4) is 5.75 Å². The van der Waals surface area contributed by atoms with Gasteiger partial charge in [0, 0.05) is 92.3 Å². The van der Waals surface area contributed by atoms with E-state index in [1.807, 2.05) is 24.3 Å². The maximum Gasteiger partial charge on any atom is 0.323 e. The summed E-state index contributed by atoms with van der Waals surface area (Å²) in [6.07, 6.45) is 3.23. The maximum absolute atomic E-state index is 12.6. The second-order valence-corrected chi connectivity index (χ2v) is 11.8. The molecule has 2 rings (SSSR count). The Kier molecular flexibility index (Phi) is 22.2. The molecule has 0 saturated carbocycles. The topological polar surface area (TPSA) is 232 Å². The normalized spacial score (nSPS) is 18.5. The number of rotatable bonds is 19. The number of ether oxygens (including phenoxy) is 1. The van der Waals surface area contributed by atoms with Gasteiger partial charge in [-0.25, -0.2) is 0 Å². The Morgan fingerprint density at radius 2 is 1.04 bits per heavy atom. The molecule has 0 amide bonds. The van der Waals surface area contributed by atoms with Crippen molar-refractivity contribution < 1.29 is 99.6 Å². The molecule has 0 aromatic heterocycles. The van der Waals surface area contributed by atoms with Crippen molar-refractivity contribution in [2.45, 2.75) is 63.2 Å². The number of hydrogen-bond donors (Lipinski definition) is 7. The Bertz CT molecular complexity index is 1130. The van der Waals surface area contributed by atoms with E-state index in [1.165, 1.54) is 14.7 Å². The molecule has 49 heavy (non-hydrogen) atoms. The fourth-order valence-corrected chi connectivity index (χ4v) is 5.86. The van der Waals surface area contributed by atoms with Crippen molar-refractivity contribution >= 4 is 23.9 Å². The van der Waals surface area contributed by atoms with E-state index in [0.717, 1.165) is 24.2 Å². The first-order valence-corrected chi connectivity index (χ1v) is 16.4. The third-order valence-electron chi connectivity index (χ3n) is 8.73. The van der Waals surface area contributed by atoms with Crippen molar-refractivity contribution in [1.82, 2.24) is 19.6 Å². The van der Waals surface area contributed by atoms with Crippen LogP contribution in [0.5, 0.6) is 5.75 Å². The van der Waals surface area contributed by atoms with Gasteiger partial charge in [-0.15, -0.1) is 0 Å². The first-order chi connectivity index (χ1) is 23.0. The molecule has 1 saturated heterocycles. The summed E-state index contributed by atoms with van der Waals surface area (Å²) >= 11 is 0. The average Bonchev–Trinajstić information content (AvgIpc) is 3.03. The largest absolute Gasteiger partial charge is 0.494 e. The van der Waals surface area contributed by atoms with Crippen LogP contribution in [0.25, 0.3) is 0 Å². The third-order valence-corrected chi connectivity index (χ3v) is 8.73. The minimum absolute atomic E-state index is 0.